The molecule has 2 heterocycles. The Balaban J connectivity index is 1.32. The lowest BCUT2D eigenvalue weighted by molar-refractivity contribution is -0.274. The predicted octanol–water partition coefficient (Wildman–Crippen LogP) is 4.97. The van der Waals surface area contributed by atoms with Gasteiger partial charge in [0.15, 0.2) is 17.1 Å². The van der Waals surface area contributed by atoms with Gasteiger partial charge in [-0.3, -0.25) is 15.0 Å². The number of nitrogens with zero attached hydrogens (tertiary/aromatic N) is 1. The molecule has 4 N–H and O–H groups in total. The number of aliphatic carboxylic acids is 1. The number of ether oxygens (including phenoxy) is 4. The molecule has 48 heavy (non-hydrogen) atoms. The quantitative estimate of drug-likeness (QED) is 0.195. The second-order valence-electron chi connectivity index (χ2n) is 11.8. The lowest BCUT2D eigenvalue weighted by Crippen LogP contribution is -2.57. The molecule has 2 atom stereocenters. The third-order valence-corrected chi connectivity index (χ3v) is 8.85. The number of rotatable bonds is 13. The molecule has 2 aliphatic rings. The minimum Gasteiger partial charge on any atom is -0.492 e. The highest BCUT2D eigenvalue weighted by Gasteiger charge is 2.55. The van der Waals surface area contributed by atoms with Crippen LogP contribution in [0.25, 0.3) is 11.1 Å². The number of aliphatic hydroxyl groups is 2. The maximum Gasteiger partial charge on any atom is 0.418 e. The van der Waals surface area contributed by atoms with Gasteiger partial charge in [-0.15, -0.1) is 0 Å². The van der Waals surface area contributed by atoms with E-state index >= 15 is 0 Å². The summed E-state index contributed by atoms with van der Waals surface area (Å²) in [5.74, 6) is 0.678. The summed E-state index contributed by atoms with van der Waals surface area (Å²) in [6.45, 7) is 2.30. The molecule has 14 heteroatoms. The second kappa shape index (κ2) is 15.2. The summed E-state index contributed by atoms with van der Waals surface area (Å²) < 4.78 is 63.8. The average Bonchev–Trinajstić information content (AvgIpc) is 3.05. The standard InChI is InChI=1S/C34H38ClF3N2O8/c1-21-23(4-2-5-25(21)22-6-7-28-31(15-22)47-13-12-46-28)19-48-30-16-29(24(14-26(30)35)17-39-27(18-41)32(42)43)45-11-10-40-9-3-8-33(44,20-40)34(36,37)38/h2,4-7,14-16,27,39,41,44H,3,8-13,17-20H2,1H3,(H,42,43). The minimum absolute atomic E-state index is 0.0267. The molecule has 0 radical (unpaired) electrons. The minimum atomic E-state index is -4.75. The summed E-state index contributed by atoms with van der Waals surface area (Å²) in [6, 6.07) is 13.5. The van der Waals surface area contributed by atoms with E-state index in [1.54, 1.807) is 12.1 Å². The van der Waals surface area contributed by atoms with Crippen molar-refractivity contribution in [2.45, 2.75) is 50.7 Å². The molecule has 2 aliphatic heterocycles. The van der Waals surface area contributed by atoms with E-state index in [9.17, 15) is 33.3 Å². The monoisotopic (exact) mass is 694 g/mol. The second-order valence-corrected chi connectivity index (χ2v) is 12.2. The van der Waals surface area contributed by atoms with Gasteiger partial charge in [-0.25, -0.2) is 0 Å². The third-order valence-electron chi connectivity index (χ3n) is 8.56. The fraction of sp³-hybridized carbons (Fsp3) is 0.441. The molecule has 0 amide bonds. The van der Waals surface area contributed by atoms with E-state index < -0.39 is 36.9 Å². The van der Waals surface area contributed by atoms with E-state index in [4.69, 9.17) is 30.5 Å². The van der Waals surface area contributed by atoms with Crippen molar-refractivity contribution in [3.8, 4) is 34.1 Å². The normalized spacial score (nSPS) is 18.7. The summed E-state index contributed by atoms with van der Waals surface area (Å²) >= 11 is 6.60. The van der Waals surface area contributed by atoms with Crippen molar-refractivity contribution in [2.24, 2.45) is 0 Å². The van der Waals surface area contributed by atoms with Crippen LogP contribution in [-0.4, -0.2) is 90.1 Å². The number of hydrogen-bond donors (Lipinski definition) is 4. The number of benzene rings is 3. The number of likely N-dealkylation sites (tertiary alicyclic amines) is 1. The number of fused-ring (bicyclic) bond motifs is 1. The van der Waals surface area contributed by atoms with Crippen LogP contribution >= 0.6 is 11.6 Å². The van der Waals surface area contributed by atoms with E-state index in [1.165, 1.54) is 4.90 Å². The fourth-order valence-corrected chi connectivity index (χ4v) is 6.01. The van der Waals surface area contributed by atoms with E-state index in [1.807, 2.05) is 43.3 Å². The van der Waals surface area contributed by atoms with Crippen LogP contribution < -0.4 is 24.3 Å². The predicted molar refractivity (Wildman–Crippen MR) is 171 cm³/mol. The summed E-state index contributed by atoms with van der Waals surface area (Å²) in [5.41, 5.74) is 1.47. The molecule has 2 unspecified atom stereocenters. The van der Waals surface area contributed by atoms with Crippen molar-refractivity contribution < 1.29 is 52.2 Å². The molecule has 10 nitrogen and oxygen atoms in total. The fourth-order valence-electron chi connectivity index (χ4n) is 5.77. The van der Waals surface area contributed by atoms with Crippen LogP contribution in [0.4, 0.5) is 13.2 Å². The van der Waals surface area contributed by atoms with E-state index in [0.717, 1.165) is 22.3 Å². The first-order valence-corrected chi connectivity index (χ1v) is 15.9. The zero-order valence-corrected chi connectivity index (χ0v) is 27.1. The largest absolute Gasteiger partial charge is 0.492 e. The van der Waals surface area contributed by atoms with E-state index in [0.29, 0.717) is 36.8 Å². The summed E-state index contributed by atoms with van der Waals surface area (Å²) in [4.78, 5) is 12.9. The van der Waals surface area contributed by atoms with Crippen molar-refractivity contribution >= 4 is 17.6 Å². The van der Waals surface area contributed by atoms with Gasteiger partial charge < -0.3 is 34.3 Å². The molecule has 5 rings (SSSR count). The molecule has 3 aromatic rings. The maximum absolute atomic E-state index is 13.4. The Bertz CT molecular complexity index is 1610. The van der Waals surface area contributed by atoms with Gasteiger partial charge in [0.1, 0.15) is 44.0 Å². The number of piperidine rings is 1. The summed E-state index contributed by atoms with van der Waals surface area (Å²) in [5, 5.41) is 31.9. The smallest absolute Gasteiger partial charge is 0.418 e. The number of aliphatic hydroxyl groups excluding tert-OH is 1. The molecule has 1 fully saturated rings. The zero-order valence-electron chi connectivity index (χ0n) is 26.3. The number of alkyl halides is 3. The average molecular weight is 695 g/mol. The van der Waals surface area contributed by atoms with Gasteiger partial charge in [-0.1, -0.05) is 35.9 Å². The number of carboxylic acid groups (broad SMARTS) is 1. The van der Waals surface area contributed by atoms with Crippen LogP contribution in [0.3, 0.4) is 0 Å². The first-order valence-electron chi connectivity index (χ1n) is 15.5. The molecule has 0 bridgehead atoms. The highest BCUT2D eigenvalue weighted by atomic mass is 35.5. The van der Waals surface area contributed by atoms with E-state index in [-0.39, 0.29) is 55.7 Å². The number of hydrogen-bond acceptors (Lipinski definition) is 9. The lowest BCUT2D eigenvalue weighted by atomic mass is 9.92. The van der Waals surface area contributed by atoms with Gasteiger partial charge in [0.2, 0.25) is 0 Å². The highest BCUT2D eigenvalue weighted by molar-refractivity contribution is 6.32. The van der Waals surface area contributed by atoms with Crippen LogP contribution in [0.15, 0.2) is 48.5 Å². The Hall–Kier alpha value is -3.75. The highest BCUT2D eigenvalue weighted by Crippen LogP contribution is 2.39. The number of carbonyl (C=O) groups is 1. The summed E-state index contributed by atoms with van der Waals surface area (Å²) in [7, 11) is 0. The SMILES string of the molecule is Cc1c(COc2cc(OCCN3CCCC(O)(C(F)(F)F)C3)c(CNC(CO)C(=O)O)cc2Cl)cccc1-c1ccc2c(c1)OCCO2. The van der Waals surface area contributed by atoms with Gasteiger partial charge in [-0.05, 0) is 66.8 Å². The van der Waals surface area contributed by atoms with Crippen molar-refractivity contribution in [2.75, 3.05) is 46.1 Å². The molecule has 3 aromatic carbocycles. The first-order chi connectivity index (χ1) is 22.9. The zero-order chi connectivity index (χ0) is 34.5. The Morgan fingerprint density at radius 2 is 1.85 bits per heavy atom. The van der Waals surface area contributed by atoms with Crippen LogP contribution in [0.5, 0.6) is 23.0 Å². The van der Waals surface area contributed by atoms with Crippen LogP contribution in [0.1, 0.15) is 29.5 Å². The third kappa shape index (κ3) is 8.27. The van der Waals surface area contributed by atoms with Gasteiger partial charge >= 0.3 is 12.1 Å². The molecule has 0 spiro atoms. The molecule has 1 saturated heterocycles. The molecule has 0 aromatic heterocycles. The first kappa shape index (κ1) is 35.6. The Kier molecular flexibility index (Phi) is 11.3. The number of nitrogens with one attached hydrogen (secondary N) is 1. The van der Waals surface area contributed by atoms with Gasteiger partial charge in [0.05, 0.1) is 11.6 Å². The topological polar surface area (TPSA) is 130 Å². The van der Waals surface area contributed by atoms with Crippen molar-refractivity contribution in [3.05, 3.63) is 70.2 Å². The molecule has 0 saturated carbocycles. The van der Waals surface area contributed by atoms with Crippen molar-refractivity contribution in [1.29, 1.82) is 0 Å². The molecule has 260 valence electrons. The molecular weight excluding hydrogens is 657 g/mol. The number of halogens is 4. The Labute approximate surface area is 280 Å². The number of carboxylic acids is 1. The number of β-amino-alcohol motifs (C(OH)–C–C–N with tert-alkyl or cyclic N) is 1. The van der Waals surface area contributed by atoms with Crippen molar-refractivity contribution in [3.63, 3.8) is 0 Å². The van der Waals surface area contributed by atoms with Crippen molar-refractivity contribution in [1.82, 2.24) is 10.2 Å². The molecular formula is C34H38ClF3N2O8. The van der Waals surface area contributed by atoms with Crippen LogP contribution in [0.2, 0.25) is 5.02 Å². The van der Waals surface area contributed by atoms with Crippen LogP contribution in [0, 0.1) is 6.92 Å². The Morgan fingerprint density at radius 1 is 1.08 bits per heavy atom. The van der Waals surface area contributed by atoms with Gasteiger partial charge in [0.25, 0.3) is 0 Å². The van der Waals surface area contributed by atoms with Gasteiger partial charge in [-0.2, -0.15) is 13.2 Å². The van der Waals surface area contributed by atoms with Gasteiger partial charge in [0, 0.05) is 31.3 Å². The lowest BCUT2D eigenvalue weighted by Gasteiger charge is -2.40. The Morgan fingerprint density at radius 3 is 2.58 bits per heavy atom. The molecule has 0 aliphatic carbocycles. The maximum atomic E-state index is 13.4. The van der Waals surface area contributed by atoms with E-state index in [2.05, 4.69) is 5.32 Å². The summed E-state index contributed by atoms with van der Waals surface area (Å²) in [6.07, 6.45) is -4.93. The van der Waals surface area contributed by atoms with Crippen LogP contribution in [-0.2, 0) is 17.9 Å².